The Morgan fingerprint density at radius 1 is 0.903 bits per heavy atom. The molecule has 0 aliphatic carbocycles. The van der Waals surface area contributed by atoms with E-state index in [9.17, 15) is 4.79 Å². The second kappa shape index (κ2) is 11.4. The fourth-order valence-electron chi connectivity index (χ4n) is 4.27. The lowest BCUT2D eigenvalue weighted by Gasteiger charge is -2.34. The zero-order chi connectivity index (χ0) is 21.3. The van der Waals surface area contributed by atoms with Gasteiger partial charge in [0.1, 0.15) is 0 Å². The van der Waals surface area contributed by atoms with Crippen molar-refractivity contribution in [3.05, 3.63) is 66.2 Å². The summed E-state index contributed by atoms with van der Waals surface area (Å²) in [6, 6.07) is 20.5. The molecule has 6 nitrogen and oxygen atoms in total. The van der Waals surface area contributed by atoms with Crippen LogP contribution in [0, 0.1) is 0 Å². The standard InChI is InChI=1S/C25H33N3O3/c29-25(19-24-21-27(15-18-31-24)20-22-7-3-1-4-8-22)28(23-9-5-2-6-10-23)12-11-26-13-16-30-17-14-26/h1-10,24H,11-21H2. The highest BCUT2D eigenvalue weighted by Crippen LogP contribution is 2.18. The molecule has 2 fully saturated rings. The van der Waals surface area contributed by atoms with Crippen LogP contribution in [-0.4, -0.2) is 80.9 Å². The van der Waals surface area contributed by atoms with E-state index in [-0.39, 0.29) is 12.0 Å². The van der Waals surface area contributed by atoms with Crippen LogP contribution in [0.2, 0.25) is 0 Å². The Morgan fingerprint density at radius 2 is 1.58 bits per heavy atom. The van der Waals surface area contributed by atoms with E-state index in [1.54, 1.807) is 0 Å². The van der Waals surface area contributed by atoms with Gasteiger partial charge in [0, 0.05) is 51.5 Å². The van der Waals surface area contributed by atoms with Crippen LogP contribution < -0.4 is 4.90 Å². The lowest BCUT2D eigenvalue weighted by Crippen LogP contribution is -2.46. The van der Waals surface area contributed by atoms with Gasteiger partial charge in [-0.1, -0.05) is 48.5 Å². The molecule has 2 saturated heterocycles. The molecule has 2 heterocycles. The predicted octanol–water partition coefficient (Wildman–Crippen LogP) is 2.64. The number of amides is 1. The molecule has 2 aliphatic rings. The Kier molecular flexibility index (Phi) is 8.07. The van der Waals surface area contributed by atoms with Crippen molar-refractivity contribution in [3.8, 4) is 0 Å². The van der Waals surface area contributed by atoms with Crippen molar-refractivity contribution in [2.75, 3.05) is 64.0 Å². The summed E-state index contributed by atoms with van der Waals surface area (Å²) in [7, 11) is 0. The Balaban J connectivity index is 1.35. The van der Waals surface area contributed by atoms with E-state index < -0.39 is 0 Å². The molecule has 0 aromatic heterocycles. The molecule has 0 saturated carbocycles. The van der Waals surface area contributed by atoms with E-state index in [0.29, 0.717) is 19.6 Å². The first-order valence-electron chi connectivity index (χ1n) is 11.3. The average Bonchev–Trinajstić information content (AvgIpc) is 2.81. The molecule has 6 heteroatoms. The maximum Gasteiger partial charge on any atom is 0.229 e. The van der Waals surface area contributed by atoms with Crippen molar-refractivity contribution < 1.29 is 14.3 Å². The highest BCUT2D eigenvalue weighted by Gasteiger charge is 2.26. The second-order valence-corrected chi connectivity index (χ2v) is 8.25. The fraction of sp³-hybridized carbons (Fsp3) is 0.480. The smallest absolute Gasteiger partial charge is 0.229 e. The number of ether oxygens (including phenoxy) is 2. The van der Waals surface area contributed by atoms with Crippen molar-refractivity contribution in [2.24, 2.45) is 0 Å². The number of carbonyl (C=O) groups excluding carboxylic acids is 1. The number of para-hydroxylation sites is 1. The molecular weight excluding hydrogens is 390 g/mol. The van der Waals surface area contributed by atoms with Crippen LogP contribution in [0.25, 0.3) is 0 Å². The minimum atomic E-state index is -0.0699. The Morgan fingerprint density at radius 3 is 2.32 bits per heavy atom. The van der Waals surface area contributed by atoms with Crippen LogP contribution in [0.3, 0.4) is 0 Å². The Labute approximate surface area is 185 Å². The van der Waals surface area contributed by atoms with Crippen LogP contribution in [0.5, 0.6) is 0 Å². The first-order chi connectivity index (χ1) is 15.3. The number of rotatable bonds is 8. The van der Waals surface area contributed by atoms with E-state index in [1.807, 2.05) is 41.3 Å². The van der Waals surface area contributed by atoms with Gasteiger partial charge in [0.05, 0.1) is 32.3 Å². The normalized spacial score (nSPS) is 20.5. The van der Waals surface area contributed by atoms with Crippen molar-refractivity contribution in [2.45, 2.75) is 19.1 Å². The zero-order valence-electron chi connectivity index (χ0n) is 18.2. The molecule has 1 amide bonds. The summed E-state index contributed by atoms with van der Waals surface area (Å²) in [5.74, 6) is 0.131. The number of hydrogen-bond donors (Lipinski definition) is 0. The van der Waals surface area contributed by atoms with E-state index in [2.05, 4.69) is 34.1 Å². The average molecular weight is 424 g/mol. The lowest BCUT2D eigenvalue weighted by atomic mass is 10.1. The first kappa shape index (κ1) is 22.0. The molecule has 1 unspecified atom stereocenters. The van der Waals surface area contributed by atoms with E-state index >= 15 is 0 Å². The molecule has 31 heavy (non-hydrogen) atoms. The predicted molar refractivity (Wildman–Crippen MR) is 122 cm³/mol. The van der Waals surface area contributed by atoms with Gasteiger partial charge >= 0.3 is 0 Å². The van der Waals surface area contributed by atoms with Gasteiger partial charge in [-0.05, 0) is 17.7 Å². The number of nitrogens with zero attached hydrogens (tertiary/aromatic N) is 3. The SMILES string of the molecule is O=C(CC1CN(Cc2ccccc2)CCO1)N(CCN1CCOCC1)c1ccccc1. The van der Waals surface area contributed by atoms with Crippen LogP contribution in [0.1, 0.15) is 12.0 Å². The van der Waals surface area contributed by atoms with Gasteiger partial charge in [-0.25, -0.2) is 0 Å². The minimum Gasteiger partial charge on any atom is -0.379 e. The van der Waals surface area contributed by atoms with Gasteiger partial charge in [-0.3, -0.25) is 14.6 Å². The molecule has 2 aromatic rings. The third kappa shape index (κ3) is 6.61. The minimum absolute atomic E-state index is 0.0699. The topological polar surface area (TPSA) is 45.2 Å². The zero-order valence-corrected chi connectivity index (χ0v) is 18.2. The van der Waals surface area contributed by atoms with Crippen LogP contribution in [0.15, 0.2) is 60.7 Å². The summed E-state index contributed by atoms with van der Waals surface area (Å²) in [6.45, 7) is 8.19. The van der Waals surface area contributed by atoms with E-state index in [0.717, 1.165) is 58.2 Å². The Bertz CT molecular complexity index is 796. The van der Waals surface area contributed by atoms with Gasteiger partial charge in [-0.15, -0.1) is 0 Å². The summed E-state index contributed by atoms with van der Waals surface area (Å²) >= 11 is 0. The van der Waals surface area contributed by atoms with Gasteiger partial charge in [-0.2, -0.15) is 0 Å². The van der Waals surface area contributed by atoms with Crippen molar-refractivity contribution >= 4 is 11.6 Å². The molecule has 166 valence electrons. The molecular formula is C25H33N3O3. The van der Waals surface area contributed by atoms with Crippen LogP contribution in [0.4, 0.5) is 5.69 Å². The number of anilines is 1. The summed E-state index contributed by atoms with van der Waals surface area (Å²) in [6.07, 6.45) is 0.336. The second-order valence-electron chi connectivity index (χ2n) is 8.25. The van der Waals surface area contributed by atoms with Crippen LogP contribution >= 0.6 is 0 Å². The summed E-state index contributed by atoms with van der Waals surface area (Å²) in [5, 5.41) is 0. The molecule has 2 aliphatic heterocycles. The summed E-state index contributed by atoms with van der Waals surface area (Å²) in [4.78, 5) is 20.0. The molecule has 4 rings (SSSR count). The van der Waals surface area contributed by atoms with Crippen molar-refractivity contribution in [1.82, 2.24) is 9.80 Å². The fourth-order valence-corrected chi connectivity index (χ4v) is 4.27. The van der Waals surface area contributed by atoms with Gasteiger partial charge in [0.2, 0.25) is 5.91 Å². The Hall–Kier alpha value is -2.25. The third-order valence-electron chi connectivity index (χ3n) is 5.99. The molecule has 2 aromatic carbocycles. The molecule has 0 N–H and O–H groups in total. The first-order valence-corrected chi connectivity index (χ1v) is 11.3. The van der Waals surface area contributed by atoms with Gasteiger partial charge < -0.3 is 14.4 Å². The number of carbonyl (C=O) groups is 1. The highest BCUT2D eigenvalue weighted by molar-refractivity contribution is 5.93. The molecule has 0 spiro atoms. The third-order valence-corrected chi connectivity index (χ3v) is 5.99. The highest BCUT2D eigenvalue weighted by atomic mass is 16.5. The van der Waals surface area contributed by atoms with E-state index in [4.69, 9.17) is 9.47 Å². The maximum absolute atomic E-state index is 13.3. The monoisotopic (exact) mass is 423 g/mol. The quantitative estimate of drug-likeness (QED) is 0.653. The maximum atomic E-state index is 13.3. The van der Waals surface area contributed by atoms with Gasteiger partial charge in [0.25, 0.3) is 0 Å². The van der Waals surface area contributed by atoms with Gasteiger partial charge in [0.15, 0.2) is 0 Å². The molecule has 0 bridgehead atoms. The molecule has 1 atom stereocenters. The van der Waals surface area contributed by atoms with Crippen molar-refractivity contribution in [3.63, 3.8) is 0 Å². The van der Waals surface area contributed by atoms with Crippen LogP contribution in [-0.2, 0) is 20.8 Å². The van der Waals surface area contributed by atoms with Crippen molar-refractivity contribution in [1.29, 1.82) is 0 Å². The summed E-state index contributed by atoms with van der Waals surface area (Å²) in [5.41, 5.74) is 2.25. The summed E-state index contributed by atoms with van der Waals surface area (Å²) < 4.78 is 11.4. The number of benzene rings is 2. The number of morpholine rings is 2. The van der Waals surface area contributed by atoms with E-state index in [1.165, 1.54) is 5.56 Å². The number of hydrogen-bond acceptors (Lipinski definition) is 5. The molecule has 0 radical (unpaired) electrons. The lowest BCUT2D eigenvalue weighted by molar-refractivity contribution is -0.123. The largest absolute Gasteiger partial charge is 0.379 e.